The highest BCUT2D eigenvalue weighted by Crippen LogP contribution is 2.12. The van der Waals surface area contributed by atoms with Crippen molar-refractivity contribution >= 4 is 9.84 Å². The van der Waals surface area contributed by atoms with Crippen LogP contribution < -0.4 is 4.74 Å². The summed E-state index contributed by atoms with van der Waals surface area (Å²) in [5, 5.41) is -0.227. The lowest BCUT2D eigenvalue weighted by atomic mass is 10.2. The molecule has 0 unspecified atom stereocenters. The minimum Gasteiger partial charge on any atom is -0.497 e. The van der Waals surface area contributed by atoms with Crippen LogP contribution in [0.25, 0.3) is 0 Å². The van der Waals surface area contributed by atoms with Gasteiger partial charge in [0.2, 0.25) is 15.0 Å². The van der Waals surface area contributed by atoms with Crippen molar-refractivity contribution in [2.45, 2.75) is 11.8 Å². The highest BCUT2D eigenvalue weighted by molar-refractivity contribution is 7.91. The molecule has 0 amide bonds. The molecule has 106 valence electrons. The summed E-state index contributed by atoms with van der Waals surface area (Å²) in [7, 11) is -2.03. The minimum absolute atomic E-state index is 0.191. The Morgan fingerprint density at radius 1 is 1.10 bits per heavy atom. The molecule has 6 nitrogen and oxygen atoms in total. The molecule has 0 atom stereocenters. The zero-order valence-electron chi connectivity index (χ0n) is 10.9. The summed E-state index contributed by atoms with van der Waals surface area (Å²) in [4.78, 5) is 7.41. The summed E-state index contributed by atoms with van der Waals surface area (Å²) in [6.07, 6.45) is 2.76. The molecule has 0 bridgehead atoms. The molecule has 20 heavy (non-hydrogen) atoms. The number of hydrogen-bond donors (Lipinski definition) is 0. The van der Waals surface area contributed by atoms with Gasteiger partial charge in [0.1, 0.15) is 5.75 Å². The second-order valence-corrected chi connectivity index (χ2v) is 5.79. The van der Waals surface area contributed by atoms with Crippen molar-refractivity contribution < 1.29 is 17.9 Å². The third-order valence-electron chi connectivity index (χ3n) is 2.49. The van der Waals surface area contributed by atoms with E-state index in [1.54, 1.807) is 25.3 Å². The molecule has 0 N–H and O–H groups in total. The van der Waals surface area contributed by atoms with Crippen LogP contribution in [0.5, 0.6) is 5.75 Å². The van der Waals surface area contributed by atoms with Crippen molar-refractivity contribution in [3.05, 3.63) is 48.3 Å². The first-order chi connectivity index (χ1) is 9.62. The Morgan fingerprint density at radius 3 is 2.35 bits per heavy atom. The molecule has 0 spiro atoms. The summed E-state index contributed by atoms with van der Waals surface area (Å²) in [6, 6.07) is 8.74. The van der Waals surface area contributed by atoms with Gasteiger partial charge in [-0.05, 0) is 23.8 Å². The summed E-state index contributed by atoms with van der Waals surface area (Å²) in [5.74, 6) is 0.280. The number of aromatic nitrogens is 2. The third kappa shape index (κ3) is 3.75. The van der Waals surface area contributed by atoms with Crippen LogP contribution >= 0.6 is 0 Å². The fraction of sp³-hybridized carbons (Fsp3) is 0.231. The molecule has 0 fully saturated rings. The molecular weight excluding hydrogens is 280 g/mol. The molecular formula is C13H14N2O4S. The van der Waals surface area contributed by atoms with Crippen LogP contribution in [0.2, 0.25) is 0 Å². The second-order valence-electron chi connectivity index (χ2n) is 3.96. The Bertz CT molecular complexity index is 642. The summed E-state index contributed by atoms with van der Waals surface area (Å²) in [5.41, 5.74) is 0.856. The van der Waals surface area contributed by atoms with Crippen LogP contribution in [-0.2, 0) is 21.2 Å². The smallest absolute Gasteiger partial charge is 0.249 e. The molecule has 2 rings (SSSR count). The molecule has 0 aliphatic heterocycles. The molecule has 7 heteroatoms. The number of sulfone groups is 1. The molecule has 1 heterocycles. The van der Waals surface area contributed by atoms with Crippen molar-refractivity contribution in [3.8, 4) is 5.75 Å². The summed E-state index contributed by atoms with van der Waals surface area (Å²) >= 11 is 0. The maximum atomic E-state index is 11.9. The van der Waals surface area contributed by atoms with E-state index in [2.05, 4.69) is 9.97 Å². The van der Waals surface area contributed by atoms with Crippen LogP contribution in [0, 0.1) is 0 Å². The Hall–Kier alpha value is -1.99. The molecule has 1 aromatic carbocycles. The third-order valence-corrected chi connectivity index (χ3v) is 3.73. The number of ether oxygens (including phenoxy) is 2. The van der Waals surface area contributed by atoms with Gasteiger partial charge in [0.25, 0.3) is 0 Å². The van der Waals surface area contributed by atoms with Gasteiger partial charge in [-0.15, -0.1) is 0 Å². The van der Waals surface area contributed by atoms with Gasteiger partial charge in [-0.3, -0.25) is 0 Å². The Kier molecular flexibility index (Phi) is 4.65. The Morgan fingerprint density at radius 2 is 1.75 bits per heavy atom. The predicted molar refractivity (Wildman–Crippen MR) is 71.9 cm³/mol. The van der Waals surface area contributed by atoms with Crippen molar-refractivity contribution in [1.82, 2.24) is 9.97 Å². The molecule has 2 aromatic rings. The lowest BCUT2D eigenvalue weighted by Gasteiger charge is -2.05. The monoisotopic (exact) mass is 294 g/mol. The number of benzene rings is 1. The average molecular weight is 294 g/mol. The van der Waals surface area contributed by atoms with Gasteiger partial charge < -0.3 is 9.47 Å². The predicted octanol–water partition coefficient (Wildman–Crippen LogP) is 1.43. The number of rotatable bonds is 6. The van der Waals surface area contributed by atoms with Gasteiger partial charge in [0.15, 0.2) is 5.94 Å². The largest absolute Gasteiger partial charge is 0.497 e. The number of hydrogen-bond acceptors (Lipinski definition) is 6. The van der Waals surface area contributed by atoms with E-state index >= 15 is 0 Å². The zero-order chi connectivity index (χ0) is 14.4. The van der Waals surface area contributed by atoms with E-state index in [1.165, 1.54) is 12.4 Å². The summed E-state index contributed by atoms with van der Waals surface area (Å²) < 4.78 is 33.9. The second kappa shape index (κ2) is 6.44. The van der Waals surface area contributed by atoms with Crippen LogP contribution in [0.15, 0.2) is 47.9 Å². The quantitative estimate of drug-likeness (QED) is 0.750. The van der Waals surface area contributed by atoms with Crippen LogP contribution in [0.1, 0.15) is 5.56 Å². The first-order valence-corrected chi connectivity index (χ1v) is 7.47. The standard InChI is InChI=1S/C13H14N2O4S/c1-18-12-5-3-11(4-6-12)9-19-10-20(16,17)13-14-7-2-8-15-13/h2-8H,9-10H2,1H3. The van der Waals surface area contributed by atoms with Crippen LogP contribution in [0.3, 0.4) is 0 Å². The van der Waals surface area contributed by atoms with Crippen molar-refractivity contribution in [2.24, 2.45) is 0 Å². The number of nitrogens with zero attached hydrogens (tertiary/aromatic N) is 2. The lowest BCUT2D eigenvalue weighted by Crippen LogP contribution is -2.13. The van der Waals surface area contributed by atoms with Gasteiger partial charge in [0.05, 0.1) is 13.7 Å². The fourth-order valence-corrected chi connectivity index (χ4v) is 2.34. The molecule has 0 radical (unpaired) electrons. The van der Waals surface area contributed by atoms with E-state index < -0.39 is 15.8 Å². The SMILES string of the molecule is COc1ccc(COCS(=O)(=O)c2ncccn2)cc1. The van der Waals surface area contributed by atoms with Crippen molar-refractivity contribution in [1.29, 1.82) is 0 Å². The van der Waals surface area contributed by atoms with E-state index in [4.69, 9.17) is 9.47 Å². The lowest BCUT2D eigenvalue weighted by molar-refractivity contribution is 0.162. The average Bonchev–Trinajstić information content (AvgIpc) is 2.49. The van der Waals surface area contributed by atoms with E-state index in [0.29, 0.717) is 0 Å². The van der Waals surface area contributed by atoms with E-state index in [-0.39, 0.29) is 11.8 Å². The van der Waals surface area contributed by atoms with Gasteiger partial charge >= 0.3 is 0 Å². The fourth-order valence-electron chi connectivity index (χ4n) is 1.49. The summed E-state index contributed by atoms with van der Waals surface area (Å²) in [6.45, 7) is 0.191. The molecule has 1 aromatic heterocycles. The maximum Gasteiger partial charge on any atom is 0.249 e. The van der Waals surface area contributed by atoms with Crippen LogP contribution in [-0.4, -0.2) is 31.4 Å². The Labute approximate surface area is 117 Å². The number of methoxy groups -OCH3 is 1. The van der Waals surface area contributed by atoms with Crippen molar-refractivity contribution in [3.63, 3.8) is 0 Å². The molecule has 0 saturated carbocycles. The highest BCUT2D eigenvalue weighted by Gasteiger charge is 2.17. The first kappa shape index (κ1) is 14.4. The maximum absolute atomic E-state index is 11.9. The van der Waals surface area contributed by atoms with Crippen molar-refractivity contribution in [2.75, 3.05) is 13.0 Å². The van der Waals surface area contributed by atoms with Crippen LogP contribution in [0.4, 0.5) is 0 Å². The molecule has 0 aliphatic rings. The molecule has 0 aliphatic carbocycles. The van der Waals surface area contributed by atoms with Gasteiger partial charge in [-0.25, -0.2) is 18.4 Å². The zero-order valence-corrected chi connectivity index (χ0v) is 11.7. The van der Waals surface area contributed by atoms with Gasteiger partial charge in [0, 0.05) is 12.4 Å². The van der Waals surface area contributed by atoms with E-state index in [9.17, 15) is 8.42 Å². The highest BCUT2D eigenvalue weighted by atomic mass is 32.2. The van der Waals surface area contributed by atoms with E-state index in [1.807, 2.05) is 12.1 Å². The Balaban J connectivity index is 1.92. The van der Waals surface area contributed by atoms with Gasteiger partial charge in [-0.2, -0.15) is 0 Å². The van der Waals surface area contributed by atoms with E-state index in [0.717, 1.165) is 11.3 Å². The van der Waals surface area contributed by atoms with Gasteiger partial charge in [-0.1, -0.05) is 12.1 Å². The normalized spacial score (nSPS) is 11.2. The first-order valence-electron chi connectivity index (χ1n) is 5.82. The molecule has 0 saturated heterocycles. The topological polar surface area (TPSA) is 78.4 Å². The minimum atomic E-state index is -3.61.